The Morgan fingerprint density at radius 2 is 2.10 bits per heavy atom. The lowest BCUT2D eigenvalue weighted by Crippen LogP contribution is -2.37. The largest absolute Gasteiger partial charge is 0.388 e. The molecule has 0 aromatic rings. The van der Waals surface area contributed by atoms with Crippen molar-refractivity contribution in [1.29, 1.82) is 0 Å². The Bertz CT molecular complexity index is 538. The van der Waals surface area contributed by atoms with E-state index in [0.29, 0.717) is 17.7 Å². The minimum atomic E-state index is -1.19. The summed E-state index contributed by atoms with van der Waals surface area (Å²) in [6, 6.07) is 0. The highest BCUT2D eigenvalue weighted by molar-refractivity contribution is 7.72. The SMILES string of the molecule is C=C1N=C(N)NC=C1C1OC(CCP(=C)(C)C)[C@@H](O)[C@H]1O. The van der Waals surface area contributed by atoms with Crippen LogP contribution in [0.2, 0.25) is 0 Å². The number of nitrogens with two attached hydrogens (primary N) is 1. The van der Waals surface area contributed by atoms with Gasteiger partial charge in [-0.3, -0.25) is 0 Å². The molecule has 0 aromatic carbocycles. The predicted molar refractivity (Wildman–Crippen MR) is 88.0 cm³/mol. The fraction of sp³-hybridized carbons (Fsp3) is 0.571. The summed E-state index contributed by atoms with van der Waals surface area (Å²) in [5.41, 5.74) is 6.60. The third-order valence-corrected chi connectivity index (χ3v) is 5.12. The molecule has 1 saturated heterocycles. The van der Waals surface area contributed by atoms with Crippen LogP contribution in [0.5, 0.6) is 0 Å². The van der Waals surface area contributed by atoms with Crippen LogP contribution in [0.4, 0.5) is 0 Å². The number of guanidine groups is 1. The highest BCUT2D eigenvalue weighted by Crippen LogP contribution is 2.39. The lowest BCUT2D eigenvalue weighted by atomic mass is 9.99. The quantitative estimate of drug-likeness (QED) is 0.543. The lowest BCUT2D eigenvalue weighted by Gasteiger charge is -2.22. The lowest BCUT2D eigenvalue weighted by molar-refractivity contribution is 0.0189. The molecule has 0 radical (unpaired) electrons. The number of rotatable bonds is 4. The van der Waals surface area contributed by atoms with Gasteiger partial charge in [-0.1, -0.05) is 6.58 Å². The summed E-state index contributed by atoms with van der Waals surface area (Å²) in [7, 11) is 0. The molecular formula is C14H24N3O3P. The van der Waals surface area contributed by atoms with Crippen LogP contribution in [0.25, 0.3) is 0 Å². The molecule has 0 bridgehead atoms. The van der Waals surface area contributed by atoms with Crippen LogP contribution in [0.3, 0.4) is 0 Å². The van der Waals surface area contributed by atoms with E-state index >= 15 is 0 Å². The number of aliphatic hydroxyl groups excluding tert-OH is 2. The Morgan fingerprint density at radius 3 is 2.67 bits per heavy atom. The van der Waals surface area contributed by atoms with Gasteiger partial charge in [0.15, 0.2) is 5.96 Å². The van der Waals surface area contributed by atoms with Crippen molar-refractivity contribution in [3.63, 3.8) is 0 Å². The normalized spacial score (nSPS) is 33.4. The number of hydrogen-bond acceptors (Lipinski definition) is 6. The Morgan fingerprint density at radius 1 is 1.43 bits per heavy atom. The van der Waals surface area contributed by atoms with Crippen LogP contribution in [-0.4, -0.2) is 66.4 Å². The molecule has 4 atom stereocenters. The van der Waals surface area contributed by atoms with E-state index < -0.39 is 31.3 Å². The molecule has 0 aromatic heterocycles. The molecule has 0 saturated carbocycles. The first-order valence-corrected chi connectivity index (χ1v) is 9.93. The Hall–Kier alpha value is -1.07. The number of hydrogen-bond donors (Lipinski definition) is 4. The molecular weight excluding hydrogens is 289 g/mol. The third kappa shape index (κ3) is 3.77. The summed E-state index contributed by atoms with van der Waals surface area (Å²) < 4.78 is 5.84. The Kier molecular flexibility index (Phi) is 4.63. The zero-order valence-electron chi connectivity index (χ0n) is 12.5. The summed E-state index contributed by atoms with van der Waals surface area (Å²) in [6.45, 7) is 6.88. The Balaban J connectivity index is 2.07. The van der Waals surface area contributed by atoms with Gasteiger partial charge in [0.05, 0.1) is 11.8 Å². The topological polar surface area (TPSA) is 100 Å². The van der Waals surface area contributed by atoms with Crippen molar-refractivity contribution in [2.45, 2.75) is 30.8 Å². The van der Waals surface area contributed by atoms with Crippen LogP contribution in [0.1, 0.15) is 6.42 Å². The number of aliphatic hydroxyl groups is 2. The highest BCUT2D eigenvalue weighted by Gasteiger charge is 2.44. The van der Waals surface area contributed by atoms with Gasteiger partial charge in [-0.2, -0.15) is 0 Å². The van der Waals surface area contributed by atoms with Crippen LogP contribution in [-0.2, 0) is 4.74 Å². The maximum Gasteiger partial charge on any atom is 0.197 e. The molecule has 0 aliphatic carbocycles. The fourth-order valence-corrected chi connectivity index (χ4v) is 3.40. The van der Waals surface area contributed by atoms with Crippen LogP contribution in [0, 0.1) is 0 Å². The average molecular weight is 313 g/mol. The molecule has 5 N–H and O–H groups in total. The molecule has 7 heteroatoms. The molecule has 118 valence electrons. The van der Waals surface area contributed by atoms with E-state index in [-0.39, 0.29) is 5.96 Å². The van der Waals surface area contributed by atoms with Crippen LogP contribution in [0.15, 0.2) is 29.0 Å². The monoisotopic (exact) mass is 313 g/mol. The summed E-state index contributed by atoms with van der Waals surface area (Å²) in [6.07, 6.45) is 4.38. The Labute approximate surface area is 125 Å². The van der Waals surface area contributed by atoms with Crippen molar-refractivity contribution in [1.82, 2.24) is 5.32 Å². The number of nitrogens with zero attached hydrogens (tertiary/aromatic N) is 1. The highest BCUT2D eigenvalue weighted by atomic mass is 31.2. The molecule has 2 rings (SSSR count). The minimum absolute atomic E-state index is 0.247. The number of aliphatic imine (C=N–C) groups is 1. The van der Waals surface area contributed by atoms with E-state index in [2.05, 4.69) is 36.5 Å². The van der Waals surface area contributed by atoms with Crippen molar-refractivity contribution in [2.24, 2.45) is 10.7 Å². The standard InChI is InChI=1S/C14H24N3O3P/c1-8-9(7-16-14(15)17-8)13-12(19)11(18)10(20-13)5-6-21(2,3)4/h7,10-13,18-19H,1-2,5-6H2,3-4H3,(H3,15,16,17)/t10?,11-,12-,13?/m1/s1. The van der Waals surface area contributed by atoms with E-state index in [1.165, 1.54) is 0 Å². The van der Waals surface area contributed by atoms with Crippen molar-refractivity contribution in [3.05, 3.63) is 24.0 Å². The van der Waals surface area contributed by atoms with Gasteiger partial charge in [0.1, 0.15) is 18.3 Å². The van der Waals surface area contributed by atoms with Gasteiger partial charge in [-0.15, -0.1) is 13.2 Å². The van der Waals surface area contributed by atoms with Crippen molar-refractivity contribution < 1.29 is 14.9 Å². The maximum absolute atomic E-state index is 10.2. The van der Waals surface area contributed by atoms with Crippen molar-refractivity contribution >= 4 is 19.1 Å². The molecule has 6 nitrogen and oxygen atoms in total. The number of nitrogens with one attached hydrogen (secondary N) is 1. The van der Waals surface area contributed by atoms with Crippen LogP contribution >= 0.6 is 6.89 Å². The van der Waals surface area contributed by atoms with Gasteiger partial charge < -0.3 is 26.0 Å². The molecule has 2 heterocycles. The van der Waals surface area contributed by atoms with Gasteiger partial charge in [-0.25, -0.2) is 4.99 Å². The predicted octanol–water partition coefficient (Wildman–Crippen LogP) is -0.110. The second-order valence-corrected chi connectivity index (χ2v) is 10.5. The van der Waals surface area contributed by atoms with Crippen molar-refractivity contribution in [2.75, 3.05) is 19.5 Å². The number of ether oxygens (including phenoxy) is 1. The molecule has 1 fully saturated rings. The first kappa shape index (κ1) is 16.3. The zero-order chi connectivity index (χ0) is 15.8. The fourth-order valence-electron chi connectivity index (χ4n) is 2.44. The summed E-state index contributed by atoms with van der Waals surface area (Å²) >= 11 is 0. The van der Waals surface area contributed by atoms with E-state index in [1.807, 2.05) is 0 Å². The van der Waals surface area contributed by atoms with E-state index in [4.69, 9.17) is 10.5 Å². The van der Waals surface area contributed by atoms with Gasteiger partial charge in [0, 0.05) is 11.8 Å². The van der Waals surface area contributed by atoms with E-state index in [0.717, 1.165) is 6.16 Å². The van der Waals surface area contributed by atoms with Gasteiger partial charge in [-0.05, 0) is 25.9 Å². The second-order valence-electron chi connectivity index (χ2n) is 6.21. The average Bonchev–Trinajstić information content (AvgIpc) is 2.64. The molecule has 2 aliphatic heterocycles. The van der Waals surface area contributed by atoms with E-state index in [9.17, 15) is 10.2 Å². The van der Waals surface area contributed by atoms with Gasteiger partial charge in [0.2, 0.25) is 0 Å². The smallest absolute Gasteiger partial charge is 0.197 e. The molecule has 21 heavy (non-hydrogen) atoms. The second kappa shape index (κ2) is 5.97. The molecule has 0 amide bonds. The third-order valence-electron chi connectivity index (χ3n) is 3.65. The summed E-state index contributed by atoms with van der Waals surface area (Å²) in [4.78, 5) is 4.02. The molecule has 2 unspecified atom stereocenters. The van der Waals surface area contributed by atoms with E-state index in [1.54, 1.807) is 6.20 Å². The first-order chi connectivity index (χ1) is 9.69. The first-order valence-electron chi connectivity index (χ1n) is 6.88. The maximum atomic E-state index is 10.2. The summed E-state index contributed by atoms with van der Waals surface area (Å²) in [5.74, 6) is 0.247. The van der Waals surface area contributed by atoms with Crippen molar-refractivity contribution in [3.8, 4) is 0 Å². The summed E-state index contributed by atoms with van der Waals surface area (Å²) in [5, 5.41) is 23.2. The molecule has 2 aliphatic rings. The zero-order valence-corrected chi connectivity index (χ0v) is 13.4. The minimum Gasteiger partial charge on any atom is -0.388 e. The van der Waals surface area contributed by atoms with Crippen LogP contribution < -0.4 is 11.1 Å². The van der Waals surface area contributed by atoms with Gasteiger partial charge >= 0.3 is 0 Å². The van der Waals surface area contributed by atoms with Gasteiger partial charge in [0.25, 0.3) is 0 Å². The molecule has 0 spiro atoms.